The van der Waals surface area contributed by atoms with Crippen molar-refractivity contribution in [2.24, 2.45) is 5.92 Å². The summed E-state index contributed by atoms with van der Waals surface area (Å²) in [4.78, 5) is 13.5. The molecule has 0 spiro atoms. The van der Waals surface area contributed by atoms with Crippen LogP contribution in [0, 0.1) is 5.92 Å². The number of carbonyl (C=O) groups is 1. The first kappa shape index (κ1) is 15.4. The number of halogens is 1. The van der Waals surface area contributed by atoms with Crippen LogP contribution in [0.3, 0.4) is 0 Å². The lowest BCUT2D eigenvalue weighted by Crippen LogP contribution is -2.25. The van der Waals surface area contributed by atoms with Gasteiger partial charge in [-0.25, -0.2) is 8.42 Å². The molecule has 1 saturated heterocycles. The molecule has 116 valence electrons. The smallest absolute Gasteiger partial charge is 0.232 e. The van der Waals surface area contributed by atoms with Gasteiger partial charge in [-0.15, -0.1) is 10.2 Å². The molecule has 2 aromatic rings. The normalized spacial score (nSPS) is 18.9. The Bertz CT molecular complexity index is 792. The molecular formula is C13H12ClN3O3S2. The Kier molecular flexibility index (Phi) is 4.16. The van der Waals surface area contributed by atoms with Crippen molar-refractivity contribution in [2.45, 2.75) is 6.42 Å². The van der Waals surface area contributed by atoms with Crippen molar-refractivity contribution in [3.05, 3.63) is 30.3 Å². The number of amides is 1. The number of benzene rings is 1. The Labute approximate surface area is 136 Å². The SMILES string of the molecule is O=C1CC(CS(=O)(=O)Cl)CN1c1nnc(-c2ccccc2)s1. The van der Waals surface area contributed by atoms with Crippen LogP contribution < -0.4 is 4.90 Å². The fourth-order valence-corrected chi connectivity index (χ4v) is 4.58. The van der Waals surface area contributed by atoms with Gasteiger partial charge in [-0.2, -0.15) is 0 Å². The predicted molar refractivity (Wildman–Crippen MR) is 85.4 cm³/mol. The van der Waals surface area contributed by atoms with E-state index < -0.39 is 9.05 Å². The van der Waals surface area contributed by atoms with E-state index in [2.05, 4.69) is 10.2 Å². The summed E-state index contributed by atoms with van der Waals surface area (Å²) in [5.74, 6) is -0.665. The molecule has 1 unspecified atom stereocenters. The molecule has 1 atom stereocenters. The maximum Gasteiger partial charge on any atom is 0.232 e. The quantitative estimate of drug-likeness (QED) is 0.783. The average Bonchev–Trinajstić information content (AvgIpc) is 3.05. The first-order valence-corrected chi connectivity index (χ1v) is 9.83. The number of carbonyl (C=O) groups excluding carboxylic acids is 1. The first-order valence-electron chi connectivity index (χ1n) is 6.54. The number of hydrogen-bond acceptors (Lipinski definition) is 6. The van der Waals surface area contributed by atoms with E-state index in [0.717, 1.165) is 10.6 Å². The van der Waals surface area contributed by atoms with Crippen LogP contribution in [0.25, 0.3) is 10.6 Å². The van der Waals surface area contributed by atoms with Gasteiger partial charge in [-0.1, -0.05) is 41.7 Å². The molecule has 9 heteroatoms. The van der Waals surface area contributed by atoms with Gasteiger partial charge in [-0.3, -0.25) is 9.69 Å². The summed E-state index contributed by atoms with van der Waals surface area (Å²) in [5.41, 5.74) is 0.929. The van der Waals surface area contributed by atoms with Crippen molar-refractivity contribution in [3.63, 3.8) is 0 Å². The molecule has 1 aromatic heterocycles. The molecule has 0 bridgehead atoms. The summed E-state index contributed by atoms with van der Waals surface area (Å²) in [6.07, 6.45) is 0.159. The Morgan fingerprint density at radius 1 is 1.27 bits per heavy atom. The Morgan fingerprint density at radius 3 is 2.68 bits per heavy atom. The first-order chi connectivity index (χ1) is 10.4. The zero-order valence-electron chi connectivity index (χ0n) is 11.3. The number of nitrogens with zero attached hydrogens (tertiary/aromatic N) is 3. The molecule has 1 fully saturated rings. The minimum Gasteiger partial charge on any atom is -0.286 e. The van der Waals surface area contributed by atoms with E-state index in [4.69, 9.17) is 10.7 Å². The highest BCUT2D eigenvalue weighted by atomic mass is 35.7. The minimum atomic E-state index is -3.61. The van der Waals surface area contributed by atoms with Crippen molar-refractivity contribution < 1.29 is 13.2 Å². The second-order valence-electron chi connectivity index (χ2n) is 5.04. The largest absolute Gasteiger partial charge is 0.286 e. The lowest BCUT2D eigenvalue weighted by Gasteiger charge is -2.11. The molecule has 22 heavy (non-hydrogen) atoms. The standard InChI is InChI=1S/C13H12ClN3O3S2/c14-22(19,20)8-9-6-11(18)17(7-9)13-16-15-12(21-13)10-4-2-1-3-5-10/h1-5,9H,6-8H2. The summed E-state index contributed by atoms with van der Waals surface area (Å²) in [6, 6.07) is 9.54. The highest BCUT2D eigenvalue weighted by Crippen LogP contribution is 2.32. The molecule has 1 aliphatic rings. The molecule has 1 aliphatic heterocycles. The van der Waals surface area contributed by atoms with Gasteiger partial charge in [0.25, 0.3) is 0 Å². The van der Waals surface area contributed by atoms with Gasteiger partial charge < -0.3 is 0 Å². The maximum absolute atomic E-state index is 12.0. The molecule has 0 saturated carbocycles. The zero-order valence-corrected chi connectivity index (χ0v) is 13.7. The summed E-state index contributed by atoms with van der Waals surface area (Å²) < 4.78 is 22.3. The number of hydrogen-bond donors (Lipinski definition) is 0. The van der Waals surface area contributed by atoms with Crippen molar-refractivity contribution in [1.29, 1.82) is 0 Å². The van der Waals surface area contributed by atoms with Crippen molar-refractivity contribution in [1.82, 2.24) is 10.2 Å². The van der Waals surface area contributed by atoms with Crippen LogP contribution in [0.5, 0.6) is 0 Å². The number of rotatable bonds is 4. The van der Waals surface area contributed by atoms with Gasteiger partial charge in [0.2, 0.25) is 20.1 Å². The predicted octanol–water partition coefficient (Wildman–Crippen LogP) is 2.13. The van der Waals surface area contributed by atoms with Gasteiger partial charge in [0.15, 0.2) is 0 Å². The van der Waals surface area contributed by atoms with E-state index in [-0.39, 0.29) is 24.0 Å². The molecule has 1 amide bonds. The van der Waals surface area contributed by atoms with Crippen LogP contribution in [0.15, 0.2) is 30.3 Å². The lowest BCUT2D eigenvalue weighted by atomic mass is 10.1. The van der Waals surface area contributed by atoms with Crippen molar-refractivity contribution in [3.8, 4) is 10.6 Å². The lowest BCUT2D eigenvalue weighted by molar-refractivity contribution is -0.117. The average molecular weight is 358 g/mol. The molecule has 3 rings (SSSR count). The van der Waals surface area contributed by atoms with E-state index in [1.165, 1.54) is 16.2 Å². The fourth-order valence-electron chi connectivity index (χ4n) is 2.38. The van der Waals surface area contributed by atoms with Gasteiger partial charge in [0, 0.05) is 35.1 Å². The molecule has 6 nitrogen and oxygen atoms in total. The second kappa shape index (κ2) is 5.94. The van der Waals surface area contributed by atoms with E-state index in [1.807, 2.05) is 30.3 Å². The molecule has 0 aliphatic carbocycles. The Balaban J connectivity index is 1.78. The molecule has 1 aromatic carbocycles. The van der Waals surface area contributed by atoms with Gasteiger partial charge in [-0.05, 0) is 0 Å². The highest BCUT2D eigenvalue weighted by molar-refractivity contribution is 8.13. The van der Waals surface area contributed by atoms with E-state index in [9.17, 15) is 13.2 Å². The van der Waals surface area contributed by atoms with Crippen LogP contribution in [-0.4, -0.2) is 36.8 Å². The zero-order chi connectivity index (χ0) is 15.7. The van der Waals surface area contributed by atoms with Crippen LogP contribution in [0.1, 0.15) is 6.42 Å². The molecular weight excluding hydrogens is 346 g/mol. The molecule has 0 radical (unpaired) electrons. The summed E-state index contributed by atoms with van der Waals surface area (Å²) in [7, 11) is 1.64. The van der Waals surface area contributed by atoms with Crippen molar-refractivity contribution in [2.75, 3.05) is 17.2 Å². The van der Waals surface area contributed by atoms with Crippen LogP contribution in [-0.2, 0) is 13.8 Å². The fraction of sp³-hybridized carbons (Fsp3) is 0.308. The second-order valence-corrected chi connectivity index (χ2v) is 8.81. The summed E-state index contributed by atoms with van der Waals surface area (Å²) in [5, 5.41) is 9.35. The monoisotopic (exact) mass is 357 g/mol. The third kappa shape index (κ3) is 3.45. The van der Waals surface area contributed by atoms with Crippen LogP contribution >= 0.6 is 22.0 Å². The third-order valence-corrected chi connectivity index (χ3v) is 5.55. The number of aromatic nitrogens is 2. The third-order valence-electron chi connectivity index (χ3n) is 3.31. The molecule has 0 N–H and O–H groups in total. The summed E-state index contributed by atoms with van der Waals surface area (Å²) >= 11 is 1.31. The van der Waals surface area contributed by atoms with Gasteiger partial charge >= 0.3 is 0 Å². The van der Waals surface area contributed by atoms with Crippen molar-refractivity contribution >= 4 is 42.1 Å². The minimum absolute atomic E-state index is 0.152. The Morgan fingerprint density at radius 2 is 2.00 bits per heavy atom. The van der Waals surface area contributed by atoms with Crippen LogP contribution in [0.4, 0.5) is 5.13 Å². The number of anilines is 1. The van der Waals surface area contributed by atoms with Gasteiger partial charge in [0.1, 0.15) is 5.01 Å². The van der Waals surface area contributed by atoms with E-state index >= 15 is 0 Å². The Hall–Kier alpha value is -1.51. The topological polar surface area (TPSA) is 80.2 Å². The maximum atomic E-state index is 12.0. The van der Waals surface area contributed by atoms with E-state index in [1.54, 1.807) is 0 Å². The highest BCUT2D eigenvalue weighted by Gasteiger charge is 2.34. The van der Waals surface area contributed by atoms with E-state index in [0.29, 0.717) is 11.7 Å². The summed E-state index contributed by atoms with van der Waals surface area (Å²) in [6.45, 7) is 0.300. The van der Waals surface area contributed by atoms with Crippen LogP contribution in [0.2, 0.25) is 0 Å². The molecule has 2 heterocycles. The van der Waals surface area contributed by atoms with Gasteiger partial charge in [0.05, 0.1) is 5.75 Å².